The lowest BCUT2D eigenvalue weighted by Crippen LogP contribution is -2.12. The normalized spacial score (nSPS) is 10.7. The molecule has 2 nitrogen and oxygen atoms in total. The molecule has 1 aromatic heterocycles. The molecule has 2 aromatic rings. The van der Waals surface area contributed by atoms with Gasteiger partial charge in [-0.05, 0) is 42.7 Å². The maximum atomic E-state index is 13.1. The van der Waals surface area contributed by atoms with Gasteiger partial charge in [-0.2, -0.15) is 4.37 Å². The summed E-state index contributed by atoms with van der Waals surface area (Å²) in [5.41, 5.74) is 1.69. The van der Waals surface area contributed by atoms with Crippen LogP contribution in [0, 0.1) is 5.82 Å². The van der Waals surface area contributed by atoms with Crippen molar-refractivity contribution in [2.75, 3.05) is 6.54 Å². The van der Waals surface area contributed by atoms with E-state index in [0.717, 1.165) is 30.8 Å². The molecule has 0 aliphatic carbocycles. The van der Waals surface area contributed by atoms with E-state index >= 15 is 0 Å². The molecule has 0 aliphatic rings. The summed E-state index contributed by atoms with van der Waals surface area (Å²) in [4.78, 5) is 1.18. The minimum atomic E-state index is -0.221. The lowest BCUT2D eigenvalue weighted by molar-refractivity contribution is 0.628. The predicted molar refractivity (Wildman–Crippen MR) is 69.5 cm³/mol. The predicted octanol–water partition coefficient (Wildman–Crippen LogP) is 3.45. The summed E-state index contributed by atoms with van der Waals surface area (Å²) in [6.07, 6.45) is 1.12. The number of aromatic nitrogens is 1. The van der Waals surface area contributed by atoms with Crippen LogP contribution in [-0.2, 0) is 6.54 Å². The van der Waals surface area contributed by atoms with Gasteiger partial charge >= 0.3 is 0 Å². The van der Waals surface area contributed by atoms with Crippen LogP contribution in [-0.4, -0.2) is 10.9 Å². The highest BCUT2D eigenvalue weighted by molar-refractivity contribution is 7.06. The molecule has 1 aromatic carbocycles. The second kappa shape index (κ2) is 5.89. The van der Waals surface area contributed by atoms with Gasteiger partial charge in [-0.15, -0.1) is 0 Å². The zero-order valence-corrected chi connectivity index (χ0v) is 10.6. The number of rotatable bonds is 5. The molecule has 17 heavy (non-hydrogen) atoms. The molecule has 0 radical (unpaired) electrons. The topological polar surface area (TPSA) is 24.9 Å². The summed E-state index contributed by atoms with van der Waals surface area (Å²) in [5, 5.41) is 3.32. The zero-order valence-electron chi connectivity index (χ0n) is 9.74. The highest BCUT2D eigenvalue weighted by Crippen LogP contribution is 2.22. The van der Waals surface area contributed by atoms with Crippen LogP contribution in [0.2, 0.25) is 0 Å². The third-order valence-electron chi connectivity index (χ3n) is 2.41. The second-order valence-corrected chi connectivity index (χ2v) is 4.76. The molecule has 0 amide bonds. The van der Waals surface area contributed by atoms with E-state index in [4.69, 9.17) is 0 Å². The fourth-order valence-electron chi connectivity index (χ4n) is 1.57. The summed E-state index contributed by atoms with van der Waals surface area (Å²) in [6, 6.07) is 8.56. The van der Waals surface area contributed by atoms with Gasteiger partial charge in [-0.25, -0.2) is 4.39 Å². The van der Waals surface area contributed by atoms with Crippen molar-refractivity contribution < 1.29 is 4.39 Å². The second-order valence-electron chi connectivity index (χ2n) is 3.87. The lowest BCUT2D eigenvalue weighted by atomic mass is 10.1. The number of hydrogen-bond donors (Lipinski definition) is 1. The molecular weight excluding hydrogens is 235 g/mol. The van der Waals surface area contributed by atoms with Crippen molar-refractivity contribution in [2.45, 2.75) is 19.9 Å². The van der Waals surface area contributed by atoms with E-state index in [-0.39, 0.29) is 5.82 Å². The van der Waals surface area contributed by atoms with E-state index in [1.54, 1.807) is 6.07 Å². The van der Waals surface area contributed by atoms with Crippen molar-refractivity contribution in [3.05, 3.63) is 41.0 Å². The Balaban J connectivity index is 2.07. The first kappa shape index (κ1) is 12.2. The summed E-state index contributed by atoms with van der Waals surface area (Å²) in [6.45, 7) is 3.98. The third-order valence-corrected chi connectivity index (χ3v) is 3.19. The van der Waals surface area contributed by atoms with Gasteiger partial charge in [-0.3, -0.25) is 0 Å². The molecule has 90 valence electrons. The van der Waals surface area contributed by atoms with E-state index in [1.165, 1.54) is 28.5 Å². The smallest absolute Gasteiger partial charge is 0.123 e. The van der Waals surface area contributed by atoms with Crippen molar-refractivity contribution in [3.63, 3.8) is 0 Å². The Morgan fingerprint density at radius 3 is 3.00 bits per heavy atom. The zero-order chi connectivity index (χ0) is 12.1. The van der Waals surface area contributed by atoms with Crippen molar-refractivity contribution in [2.24, 2.45) is 0 Å². The molecule has 1 N–H and O–H groups in total. The summed E-state index contributed by atoms with van der Waals surface area (Å²) >= 11 is 1.47. The van der Waals surface area contributed by atoms with Gasteiger partial charge in [0.15, 0.2) is 0 Å². The summed E-state index contributed by atoms with van der Waals surface area (Å²) in [5.74, 6) is -0.221. The summed E-state index contributed by atoms with van der Waals surface area (Å²) in [7, 11) is 0. The molecule has 0 fully saturated rings. The number of halogens is 1. The molecule has 1 heterocycles. The average Bonchev–Trinajstić information content (AvgIpc) is 2.78. The minimum absolute atomic E-state index is 0.221. The molecule has 0 unspecified atom stereocenters. The molecule has 0 atom stereocenters. The fraction of sp³-hybridized carbons (Fsp3) is 0.308. The van der Waals surface area contributed by atoms with Crippen LogP contribution in [0.4, 0.5) is 4.39 Å². The maximum absolute atomic E-state index is 13.1. The van der Waals surface area contributed by atoms with Crippen LogP contribution in [0.25, 0.3) is 11.3 Å². The molecular formula is C13H15FN2S. The van der Waals surface area contributed by atoms with Crippen molar-refractivity contribution in [1.29, 1.82) is 0 Å². The fourth-order valence-corrected chi connectivity index (χ4v) is 2.27. The highest BCUT2D eigenvalue weighted by atomic mass is 32.1. The van der Waals surface area contributed by atoms with Gasteiger partial charge in [0.2, 0.25) is 0 Å². The molecule has 4 heteroatoms. The van der Waals surface area contributed by atoms with Crippen LogP contribution >= 0.6 is 11.5 Å². The molecule has 2 rings (SSSR count). The molecule has 0 saturated carbocycles. The average molecular weight is 250 g/mol. The van der Waals surface area contributed by atoms with Gasteiger partial charge in [0, 0.05) is 17.0 Å². The third kappa shape index (κ3) is 3.35. The van der Waals surface area contributed by atoms with Gasteiger partial charge in [-0.1, -0.05) is 19.1 Å². The van der Waals surface area contributed by atoms with Crippen LogP contribution in [0.3, 0.4) is 0 Å². The van der Waals surface area contributed by atoms with E-state index in [0.29, 0.717) is 0 Å². The Morgan fingerprint density at radius 1 is 1.35 bits per heavy atom. The Hall–Kier alpha value is -1.26. The minimum Gasteiger partial charge on any atom is -0.312 e. The maximum Gasteiger partial charge on any atom is 0.123 e. The van der Waals surface area contributed by atoms with E-state index < -0.39 is 0 Å². The van der Waals surface area contributed by atoms with E-state index in [2.05, 4.69) is 16.6 Å². The first-order valence-corrected chi connectivity index (χ1v) is 6.49. The first-order chi connectivity index (χ1) is 8.29. The van der Waals surface area contributed by atoms with Gasteiger partial charge in [0.25, 0.3) is 0 Å². The van der Waals surface area contributed by atoms with Gasteiger partial charge in [0.1, 0.15) is 5.82 Å². The first-order valence-electron chi connectivity index (χ1n) is 5.72. The van der Waals surface area contributed by atoms with Crippen molar-refractivity contribution in [1.82, 2.24) is 9.69 Å². The van der Waals surface area contributed by atoms with Crippen molar-refractivity contribution in [3.8, 4) is 11.3 Å². The SMILES string of the molecule is CCCNCc1cc(-c2cccc(F)c2)ns1. The standard InChI is InChI=1S/C13H15FN2S/c1-2-6-15-9-12-8-13(16-17-12)10-4-3-5-11(14)7-10/h3-5,7-8,15H,2,6,9H2,1H3. The van der Waals surface area contributed by atoms with Gasteiger partial charge in [0.05, 0.1) is 5.69 Å². The summed E-state index contributed by atoms with van der Waals surface area (Å²) < 4.78 is 17.4. The van der Waals surface area contributed by atoms with Crippen LogP contribution < -0.4 is 5.32 Å². The molecule has 0 saturated heterocycles. The quantitative estimate of drug-likeness (QED) is 0.822. The monoisotopic (exact) mass is 250 g/mol. The van der Waals surface area contributed by atoms with Crippen LogP contribution in [0.15, 0.2) is 30.3 Å². The Labute approximate surface area is 105 Å². The Kier molecular flexibility index (Phi) is 4.23. The Bertz CT molecular complexity index is 482. The van der Waals surface area contributed by atoms with E-state index in [9.17, 15) is 4.39 Å². The molecule has 0 spiro atoms. The van der Waals surface area contributed by atoms with Crippen LogP contribution in [0.1, 0.15) is 18.2 Å². The largest absolute Gasteiger partial charge is 0.312 e. The molecule has 0 aliphatic heterocycles. The molecule has 0 bridgehead atoms. The van der Waals surface area contributed by atoms with Gasteiger partial charge < -0.3 is 5.32 Å². The van der Waals surface area contributed by atoms with Crippen LogP contribution in [0.5, 0.6) is 0 Å². The highest BCUT2D eigenvalue weighted by Gasteiger charge is 2.04. The van der Waals surface area contributed by atoms with E-state index in [1.807, 2.05) is 12.1 Å². The number of nitrogens with zero attached hydrogens (tertiary/aromatic N) is 1. The number of nitrogens with one attached hydrogen (secondary N) is 1. The van der Waals surface area contributed by atoms with Crippen molar-refractivity contribution >= 4 is 11.5 Å². The lowest BCUT2D eigenvalue weighted by Gasteiger charge is -1.98. The number of hydrogen-bond acceptors (Lipinski definition) is 3. The Morgan fingerprint density at radius 2 is 2.24 bits per heavy atom. The number of benzene rings is 1.